The minimum Gasteiger partial charge on any atom is -0.475 e. The molecule has 8 nitrogen and oxygen atoms in total. The van der Waals surface area contributed by atoms with E-state index in [4.69, 9.17) is 14.6 Å². The molecule has 4 rings (SSSR count). The van der Waals surface area contributed by atoms with Gasteiger partial charge >= 0.3 is 12.2 Å². The lowest BCUT2D eigenvalue weighted by Gasteiger charge is -2.28. The molecule has 38 heavy (non-hydrogen) atoms. The quantitative estimate of drug-likeness (QED) is 0.513. The van der Waals surface area contributed by atoms with Crippen molar-refractivity contribution in [1.82, 2.24) is 9.88 Å². The van der Waals surface area contributed by atoms with Crippen LogP contribution in [0.2, 0.25) is 0 Å². The fourth-order valence-corrected chi connectivity index (χ4v) is 4.66. The monoisotopic (exact) mass is 544 g/mol. The number of nitrogens with one attached hydrogen (secondary N) is 1. The van der Waals surface area contributed by atoms with E-state index in [2.05, 4.69) is 10.3 Å². The number of nitrogens with zero attached hydrogens (tertiary/aromatic N) is 3. The minimum absolute atomic E-state index is 0.0113. The molecule has 0 spiro atoms. The van der Waals surface area contributed by atoms with Crippen LogP contribution in [-0.2, 0) is 4.74 Å². The maximum atomic E-state index is 14.9. The van der Waals surface area contributed by atoms with Crippen molar-refractivity contribution < 1.29 is 41.3 Å². The van der Waals surface area contributed by atoms with Crippen molar-refractivity contribution in [3.63, 3.8) is 0 Å². The number of likely N-dealkylation sites (tertiary alicyclic amines) is 1. The normalized spacial score (nSPS) is 20.1. The summed E-state index contributed by atoms with van der Waals surface area (Å²) in [5.74, 6) is -3.30. The number of aliphatic hydroxyl groups is 1. The van der Waals surface area contributed by atoms with Crippen LogP contribution in [0.4, 0.5) is 38.3 Å². The van der Waals surface area contributed by atoms with Crippen LogP contribution in [0.3, 0.4) is 0 Å². The van der Waals surface area contributed by atoms with Gasteiger partial charge in [0.15, 0.2) is 0 Å². The third-order valence-electron chi connectivity index (χ3n) is 6.68. The first-order valence-electron chi connectivity index (χ1n) is 12.2. The van der Waals surface area contributed by atoms with Gasteiger partial charge in [0, 0.05) is 38.2 Å². The van der Waals surface area contributed by atoms with Crippen molar-refractivity contribution in [3.05, 3.63) is 35.6 Å². The molecule has 2 aliphatic heterocycles. The molecule has 208 valence electrons. The number of amides is 2. The van der Waals surface area contributed by atoms with Crippen LogP contribution in [-0.4, -0.2) is 86.5 Å². The molecular weight excluding hydrogens is 515 g/mol. The van der Waals surface area contributed by atoms with Gasteiger partial charge in [-0.3, -0.25) is 4.39 Å². The van der Waals surface area contributed by atoms with Crippen LogP contribution in [0.25, 0.3) is 11.1 Å². The summed E-state index contributed by atoms with van der Waals surface area (Å²) in [4.78, 5) is 20.1. The second kappa shape index (κ2) is 11.7. The highest BCUT2D eigenvalue weighted by Crippen LogP contribution is 2.38. The molecule has 2 aromatic rings. The average Bonchev–Trinajstić information content (AvgIpc) is 3.35. The second-order valence-corrected chi connectivity index (χ2v) is 9.27. The molecule has 2 atom stereocenters. The number of pyridine rings is 1. The number of ether oxygens (including phenoxy) is 2. The molecule has 0 radical (unpaired) electrons. The van der Waals surface area contributed by atoms with E-state index in [1.165, 1.54) is 12.1 Å². The van der Waals surface area contributed by atoms with Gasteiger partial charge < -0.3 is 29.7 Å². The van der Waals surface area contributed by atoms with Crippen molar-refractivity contribution in [2.45, 2.75) is 13.1 Å². The number of carbonyl (C=O) groups is 1. The van der Waals surface area contributed by atoms with Crippen LogP contribution in [0.15, 0.2) is 24.3 Å². The summed E-state index contributed by atoms with van der Waals surface area (Å²) in [6.07, 6.45) is -4.65. The Morgan fingerprint density at radius 2 is 1.95 bits per heavy atom. The van der Waals surface area contributed by atoms with Crippen molar-refractivity contribution in [3.8, 4) is 17.0 Å². The van der Waals surface area contributed by atoms with Gasteiger partial charge in [-0.2, -0.15) is 18.2 Å². The first-order valence-corrected chi connectivity index (χ1v) is 12.2. The number of alkyl halides is 4. The van der Waals surface area contributed by atoms with E-state index in [9.17, 15) is 26.7 Å². The number of aromatic nitrogens is 1. The molecule has 0 bridgehead atoms. The smallest absolute Gasteiger partial charge is 0.393 e. The van der Waals surface area contributed by atoms with E-state index in [1.54, 1.807) is 19.1 Å². The SMILES string of the molecule is Cc1cc(F)c(NC(=O)N2C[C@H](CF)[C@@H](C(F)(F)F)C2)cc1-c1cc(OCCO)nc(N2CCOCC2)c1. The number of aliphatic hydroxyl groups excluding tert-OH is 1. The first-order chi connectivity index (χ1) is 18.1. The van der Waals surface area contributed by atoms with E-state index < -0.39 is 49.6 Å². The zero-order chi connectivity index (χ0) is 27.4. The minimum atomic E-state index is -4.65. The van der Waals surface area contributed by atoms with Crippen molar-refractivity contribution in [1.29, 1.82) is 0 Å². The largest absolute Gasteiger partial charge is 0.475 e. The predicted octanol–water partition coefficient (Wildman–Crippen LogP) is 4.02. The summed E-state index contributed by atoms with van der Waals surface area (Å²) in [5.41, 5.74) is 1.43. The Kier molecular flexibility index (Phi) is 8.56. The van der Waals surface area contributed by atoms with E-state index >= 15 is 0 Å². The Morgan fingerprint density at radius 1 is 1.21 bits per heavy atom. The summed E-state index contributed by atoms with van der Waals surface area (Å²) in [7, 11) is 0. The van der Waals surface area contributed by atoms with Crippen molar-refractivity contribution >= 4 is 17.5 Å². The molecule has 3 heterocycles. The van der Waals surface area contributed by atoms with Crippen LogP contribution in [0.1, 0.15) is 5.56 Å². The summed E-state index contributed by atoms with van der Waals surface area (Å²) in [6.45, 7) is 1.32. The number of urea groups is 1. The molecule has 2 fully saturated rings. The molecule has 2 saturated heterocycles. The lowest BCUT2D eigenvalue weighted by Crippen LogP contribution is -2.36. The highest BCUT2D eigenvalue weighted by atomic mass is 19.4. The Hall–Kier alpha value is -3.19. The number of hydrogen-bond acceptors (Lipinski definition) is 6. The van der Waals surface area contributed by atoms with Gasteiger partial charge in [-0.15, -0.1) is 0 Å². The van der Waals surface area contributed by atoms with Gasteiger partial charge in [-0.25, -0.2) is 9.18 Å². The van der Waals surface area contributed by atoms with Gasteiger partial charge in [0.05, 0.1) is 38.1 Å². The molecule has 2 amide bonds. The number of halogens is 5. The lowest BCUT2D eigenvalue weighted by molar-refractivity contribution is -0.181. The number of anilines is 2. The van der Waals surface area contributed by atoms with Gasteiger partial charge in [-0.05, 0) is 41.8 Å². The zero-order valence-electron chi connectivity index (χ0n) is 20.7. The molecule has 1 aromatic carbocycles. The average molecular weight is 545 g/mol. The van der Waals surface area contributed by atoms with Crippen LogP contribution in [0, 0.1) is 24.6 Å². The van der Waals surface area contributed by atoms with Gasteiger partial charge in [-0.1, -0.05) is 0 Å². The third-order valence-corrected chi connectivity index (χ3v) is 6.68. The van der Waals surface area contributed by atoms with Crippen LogP contribution < -0.4 is 15.0 Å². The van der Waals surface area contributed by atoms with Crippen molar-refractivity contribution in [2.24, 2.45) is 11.8 Å². The number of carbonyl (C=O) groups excluding carboxylic acids is 1. The molecule has 13 heteroatoms. The summed E-state index contributed by atoms with van der Waals surface area (Å²) >= 11 is 0. The fraction of sp³-hybridized carbons (Fsp3) is 0.520. The molecule has 2 aliphatic rings. The van der Waals surface area contributed by atoms with Gasteiger partial charge in [0.2, 0.25) is 5.88 Å². The molecule has 0 unspecified atom stereocenters. The van der Waals surface area contributed by atoms with E-state index in [1.807, 2.05) is 4.90 Å². The van der Waals surface area contributed by atoms with Crippen LogP contribution >= 0.6 is 0 Å². The molecular formula is C25H29F5N4O4. The van der Waals surface area contributed by atoms with Gasteiger partial charge in [0.25, 0.3) is 0 Å². The topological polar surface area (TPSA) is 87.2 Å². The number of morpholine rings is 1. The fourth-order valence-electron chi connectivity index (χ4n) is 4.66. The Morgan fingerprint density at radius 3 is 2.58 bits per heavy atom. The number of benzene rings is 1. The van der Waals surface area contributed by atoms with Gasteiger partial charge in [0.1, 0.15) is 18.2 Å². The second-order valence-electron chi connectivity index (χ2n) is 9.27. The molecule has 2 N–H and O–H groups in total. The molecule has 0 saturated carbocycles. The molecule has 0 aliphatic carbocycles. The summed E-state index contributed by atoms with van der Waals surface area (Å²) < 4.78 is 78.8. The Balaban J connectivity index is 1.62. The highest BCUT2D eigenvalue weighted by Gasteiger charge is 2.50. The summed E-state index contributed by atoms with van der Waals surface area (Å²) in [6, 6.07) is 5.05. The maximum absolute atomic E-state index is 14.9. The number of hydrogen-bond donors (Lipinski definition) is 2. The lowest BCUT2D eigenvalue weighted by atomic mass is 9.97. The van der Waals surface area contributed by atoms with E-state index in [0.29, 0.717) is 48.8 Å². The van der Waals surface area contributed by atoms with Crippen LogP contribution in [0.5, 0.6) is 5.88 Å². The maximum Gasteiger partial charge on any atom is 0.393 e. The number of aryl methyl sites for hydroxylation is 1. The summed E-state index contributed by atoms with van der Waals surface area (Å²) in [5, 5.41) is 11.5. The zero-order valence-corrected chi connectivity index (χ0v) is 20.7. The number of rotatable bonds is 7. The Bertz CT molecular complexity index is 1140. The highest BCUT2D eigenvalue weighted by molar-refractivity contribution is 5.91. The van der Waals surface area contributed by atoms with E-state index in [-0.39, 0.29) is 24.8 Å². The standard InChI is InChI=1S/C25H29F5N4O4/c1-15-8-20(27)21(31-24(36)34-13-17(12-26)19(14-34)25(28,29)30)11-18(15)16-9-22(33-2-5-37-6-3-33)32-23(10-16)38-7-4-35/h8-11,17,19,35H,2-7,12-14H2,1H3,(H,31,36)/t17-,19-/m0/s1. The predicted molar refractivity (Wildman–Crippen MR) is 130 cm³/mol. The first kappa shape index (κ1) is 27.8. The third kappa shape index (κ3) is 6.26. The van der Waals surface area contributed by atoms with Crippen molar-refractivity contribution in [2.75, 3.05) is 69.5 Å². The molecule has 1 aromatic heterocycles. The van der Waals surface area contributed by atoms with E-state index in [0.717, 1.165) is 4.90 Å². The Labute approximate surface area is 216 Å².